The molecule has 4 N–H and O–H groups in total. The summed E-state index contributed by atoms with van der Waals surface area (Å²) in [7, 11) is 0. The highest BCUT2D eigenvalue weighted by Gasteiger charge is 2.13. The molecule has 0 saturated heterocycles. The molecule has 0 bridgehead atoms. The largest absolute Gasteiger partial charge is 0.480 e. The number of amides is 3. The fraction of sp³-hybridized carbons (Fsp3) is 0.769. The number of urea groups is 1. The van der Waals surface area contributed by atoms with Crippen molar-refractivity contribution in [3.63, 3.8) is 0 Å². The lowest BCUT2D eigenvalue weighted by Crippen LogP contribution is -2.46. The molecular formula is C13H26N4O4. The zero-order valence-electron chi connectivity index (χ0n) is 13.1. The number of carbonyl (C=O) groups is 3. The molecule has 0 unspecified atom stereocenters. The second-order valence-electron chi connectivity index (χ2n) is 5.21. The first-order chi connectivity index (χ1) is 9.73. The van der Waals surface area contributed by atoms with Crippen molar-refractivity contribution in [2.24, 2.45) is 0 Å². The van der Waals surface area contributed by atoms with Gasteiger partial charge in [0, 0.05) is 25.2 Å². The van der Waals surface area contributed by atoms with Gasteiger partial charge in [0.25, 0.3) is 0 Å². The van der Waals surface area contributed by atoms with Crippen LogP contribution in [0.1, 0.15) is 27.7 Å². The van der Waals surface area contributed by atoms with Gasteiger partial charge < -0.3 is 21.1 Å². The standard InChI is InChI=1S/C13H26N4O4/c1-9(2)17(10(3)4)6-5-14-13(21)16-7-11(18)15-8-12(19)20/h9-10H,5-8H2,1-4H3,(H,15,18)(H,19,20)(H2,14,16,21). The summed E-state index contributed by atoms with van der Waals surface area (Å²) in [4.78, 5) is 35.1. The summed E-state index contributed by atoms with van der Waals surface area (Å²) in [6.07, 6.45) is 0. The van der Waals surface area contributed by atoms with Crippen LogP contribution < -0.4 is 16.0 Å². The normalized spacial score (nSPS) is 10.8. The van der Waals surface area contributed by atoms with Crippen molar-refractivity contribution >= 4 is 17.9 Å². The summed E-state index contributed by atoms with van der Waals surface area (Å²) in [6.45, 7) is 8.84. The van der Waals surface area contributed by atoms with Gasteiger partial charge in [0.2, 0.25) is 5.91 Å². The molecule has 8 nitrogen and oxygen atoms in total. The highest BCUT2D eigenvalue weighted by Crippen LogP contribution is 2.02. The van der Waals surface area contributed by atoms with Crippen molar-refractivity contribution in [1.29, 1.82) is 0 Å². The molecular weight excluding hydrogens is 276 g/mol. The van der Waals surface area contributed by atoms with Crippen molar-refractivity contribution in [3.05, 3.63) is 0 Å². The van der Waals surface area contributed by atoms with Gasteiger partial charge in [0.15, 0.2) is 0 Å². The van der Waals surface area contributed by atoms with Crippen LogP contribution in [0.5, 0.6) is 0 Å². The topological polar surface area (TPSA) is 111 Å². The minimum atomic E-state index is -1.13. The van der Waals surface area contributed by atoms with Crippen molar-refractivity contribution in [2.45, 2.75) is 39.8 Å². The molecule has 0 aliphatic heterocycles. The van der Waals surface area contributed by atoms with Gasteiger partial charge in [-0.05, 0) is 27.7 Å². The minimum absolute atomic E-state index is 0.253. The SMILES string of the molecule is CC(C)N(CCNC(=O)NCC(=O)NCC(=O)O)C(C)C. The van der Waals surface area contributed by atoms with Crippen LogP contribution in [-0.4, -0.2) is 66.2 Å². The molecule has 0 atom stereocenters. The lowest BCUT2D eigenvalue weighted by molar-refractivity contribution is -0.137. The molecule has 0 saturated carbocycles. The number of carboxylic acids is 1. The van der Waals surface area contributed by atoms with Gasteiger partial charge in [0.1, 0.15) is 6.54 Å². The lowest BCUT2D eigenvalue weighted by atomic mass is 10.2. The molecule has 0 spiro atoms. The highest BCUT2D eigenvalue weighted by atomic mass is 16.4. The molecule has 0 fully saturated rings. The summed E-state index contributed by atoms with van der Waals surface area (Å²) < 4.78 is 0. The number of hydrogen-bond donors (Lipinski definition) is 4. The maximum absolute atomic E-state index is 11.5. The fourth-order valence-electron chi connectivity index (χ4n) is 1.87. The summed E-state index contributed by atoms with van der Waals surface area (Å²) in [6, 6.07) is 0.321. The van der Waals surface area contributed by atoms with E-state index in [2.05, 4.69) is 48.5 Å². The van der Waals surface area contributed by atoms with Crippen LogP contribution in [0.4, 0.5) is 4.79 Å². The number of carbonyl (C=O) groups excluding carboxylic acids is 2. The Hall–Kier alpha value is -1.83. The van der Waals surface area contributed by atoms with Crippen molar-refractivity contribution < 1.29 is 19.5 Å². The Labute approximate surface area is 125 Å². The van der Waals surface area contributed by atoms with E-state index in [1.165, 1.54) is 0 Å². The van der Waals surface area contributed by atoms with Gasteiger partial charge in [0.05, 0.1) is 6.54 Å². The van der Waals surface area contributed by atoms with Crippen LogP contribution in [0.2, 0.25) is 0 Å². The number of aliphatic carboxylic acids is 1. The van der Waals surface area contributed by atoms with Gasteiger partial charge in [-0.25, -0.2) is 4.79 Å². The van der Waals surface area contributed by atoms with Gasteiger partial charge in [-0.2, -0.15) is 0 Å². The quantitative estimate of drug-likeness (QED) is 0.463. The average molecular weight is 302 g/mol. The second kappa shape index (κ2) is 9.98. The summed E-state index contributed by atoms with van der Waals surface area (Å²) >= 11 is 0. The first-order valence-corrected chi connectivity index (χ1v) is 7.00. The Morgan fingerprint density at radius 2 is 1.52 bits per heavy atom. The van der Waals surface area contributed by atoms with Crippen LogP contribution in [0, 0.1) is 0 Å². The van der Waals surface area contributed by atoms with Gasteiger partial charge in [-0.1, -0.05) is 0 Å². The minimum Gasteiger partial charge on any atom is -0.480 e. The number of rotatable bonds is 9. The predicted octanol–water partition coefficient (Wildman–Crippen LogP) is -0.395. The average Bonchev–Trinajstić information content (AvgIpc) is 2.37. The molecule has 122 valence electrons. The third-order valence-corrected chi connectivity index (χ3v) is 2.83. The molecule has 8 heteroatoms. The van der Waals surface area contributed by atoms with Gasteiger partial charge in [-0.3, -0.25) is 14.5 Å². The maximum atomic E-state index is 11.5. The highest BCUT2D eigenvalue weighted by molar-refractivity contribution is 5.86. The molecule has 0 aliphatic carbocycles. The smallest absolute Gasteiger partial charge is 0.322 e. The van der Waals surface area contributed by atoms with E-state index in [4.69, 9.17) is 5.11 Å². The van der Waals surface area contributed by atoms with Crippen LogP contribution in [0.25, 0.3) is 0 Å². The van der Waals surface area contributed by atoms with Gasteiger partial charge >= 0.3 is 12.0 Å². The number of nitrogens with one attached hydrogen (secondary N) is 3. The second-order valence-corrected chi connectivity index (χ2v) is 5.21. The maximum Gasteiger partial charge on any atom is 0.322 e. The van der Waals surface area contributed by atoms with E-state index < -0.39 is 24.5 Å². The molecule has 0 aromatic rings. The van der Waals surface area contributed by atoms with E-state index in [1.54, 1.807) is 0 Å². The van der Waals surface area contributed by atoms with E-state index >= 15 is 0 Å². The van der Waals surface area contributed by atoms with E-state index in [1.807, 2.05) is 0 Å². The monoisotopic (exact) mass is 302 g/mol. The van der Waals surface area contributed by atoms with Crippen LogP contribution >= 0.6 is 0 Å². The predicted molar refractivity (Wildman–Crippen MR) is 79.0 cm³/mol. The zero-order valence-corrected chi connectivity index (χ0v) is 13.1. The van der Waals surface area contributed by atoms with Crippen LogP contribution in [0.15, 0.2) is 0 Å². The lowest BCUT2D eigenvalue weighted by Gasteiger charge is -2.30. The third kappa shape index (κ3) is 9.67. The molecule has 0 heterocycles. The Morgan fingerprint density at radius 1 is 0.952 bits per heavy atom. The Balaban J connectivity index is 3.85. The zero-order chi connectivity index (χ0) is 16.4. The summed E-state index contributed by atoms with van der Waals surface area (Å²) in [5.74, 6) is -1.67. The number of hydrogen-bond acceptors (Lipinski definition) is 4. The number of nitrogens with zero attached hydrogens (tertiary/aromatic N) is 1. The van der Waals surface area contributed by atoms with Crippen molar-refractivity contribution in [2.75, 3.05) is 26.2 Å². The first kappa shape index (κ1) is 19.2. The Bertz CT molecular complexity index is 350. The fourth-order valence-corrected chi connectivity index (χ4v) is 1.87. The summed E-state index contributed by atoms with van der Waals surface area (Å²) in [5.41, 5.74) is 0. The molecule has 0 rings (SSSR count). The van der Waals surface area contributed by atoms with E-state index in [0.29, 0.717) is 25.2 Å². The van der Waals surface area contributed by atoms with Crippen molar-refractivity contribution in [3.8, 4) is 0 Å². The van der Waals surface area contributed by atoms with E-state index in [9.17, 15) is 14.4 Å². The molecule has 0 aromatic carbocycles. The molecule has 0 radical (unpaired) electrons. The van der Waals surface area contributed by atoms with E-state index in [0.717, 1.165) is 0 Å². The molecule has 3 amide bonds. The van der Waals surface area contributed by atoms with Gasteiger partial charge in [-0.15, -0.1) is 0 Å². The molecule has 21 heavy (non-hydrogen) atoms. The first-order valence-electron chi connectivity index (χ1n) is 7.00. The van der Waals surface area contributed by atoms with E-state index in [-0.39, 0.29) is 6.54 Å². The Morgan fingerprint density at radius 3 is 2.00 bits per heavy atom. The van der Waals surface area contributed by atoms with Crippen LogP contribution in [-0.2, 0) is 9.59 Å². The Kier molecular flexibility index (Phi) is 9.11. The molecule has 0 aromatic heterocycles. The van der Waals surface area contributed by atoms with Crippen LogP contribution in [0.3, 0.4) is 0 Å². The summed E-state index contributed by atoms with van der Waals surface area (Å²) in [5, 5.41) is 15.6. The third-order valence-electron chi connectivity index (χ3n) is 2.83. The number of carboxylic acid groups (broad SMARTS) is 1. The van der Waals surface area contributed by atoms with Crippen molar-refractivity contribution in [1.82, 2.24) is 20.9 Å². The molecule has 0 aliphatic rings.